The van der Waals surface area contributed by atoms with Crippen LogP contribution in [-0.2, 0) is 4.79 Å². The van der Waals surface area contributed by atoms with Crippen LogP contribution in [0.1, 0.15) is 52.6 Å². The van der Waals surface area contributed by atoms with Gasteiger partial charge in [0.25, 0.3) is 5.91 Å². The number of nitrogens with zero attached hydrogens (tertiary/aromatic N) is 3. The molecular weight excluding hydrogens is 582 g/mol. The quantitative estimate of drug-likeness (QED) is 0.218. The number of anilines is 2. The highest BCUT2D eigenvalue weighted by atomic mass is 79.9. The molecule has 11 heteroatoms. The van der Waals surface area contributed by atoms with Crippen molar-refractivity contribution in [2.75, 3.05) is 36.2 Å². The van der Waals surface area contributed by atoms with Crippen LogP contribution in [0.4, 0.5) is 11.6 Å². The van der Waals surface area contributed by atoms with E-state index in [0.29, 0.717) is 65.1 Å². The van der Waals surface area contributed by atoms with Crippen molar-refractivity contribution in [1.82, 2.24) is 14.8 Å². The molecule has 0 saturated heterocycles. The second-order valence-corrected chi connectivity index (χ2v) is 10.7. The van der Waals surface area contributed by atoms with Crippen molar-refractivity contribution in [2.24, 2.45) is 0 Å². The Balaban J connectivity index is 1.83. The molecule has 1 atom stereocenters. The molecule has 39 heavy (non-hydrogen) atoms. The Kier molecular flexibility index (Phi) is 9.79. The van der Waals surface area contributed by atoms with Crippen molar-refractivity contribution in [3.05, 3.63) is 57.7 Å². The van der Waals surface area contributed by atoms with Gasteiger partial charge in [0, 0.05) is 5.70 Å². The highest BCUT2D eigenvalue weighted by Crippen LogP contribution is 2.43. The van der Waals surface area contributed by atoms with Crippen molar-refractivity contribution < 1.29 is 19.0 Å². The van der Waals surface area contributed by atoms with Crippen LogP contribution in [-0.4, -0.2) is 46.2 Å². The van der Waals surface area contributed by atoms with Crippen LogP contribution in [0.3, 0.4) is 0 Å². The minimum atomic E-state index is -0.574. The minimum Gasteiger partial charge on any atom is -0.492 e. The number of thioether (sulfide) groups is 1. The lowest BCUT2D eigenvalue weighted by Gasteiger charge is -2.29. The first-order valence-electron chi connectivity index (χ1n) is 13.1. The maximum Gasteiger partial charge on any atom is 0.255 e. The fraction of sp³-hybridized carbons (Fsp3) is 0.393. The molecule has 4 rings (SSSR count). The molecule has 0 saturated carbocycles. The number of aromatic nitrogens is 3. The predicted octanol–water partition coefficient (Wildman–Crippen LogP) is 6.67. The summed E-state index contributed by atoms with van der Waals surface area (Å²) in [4.78, 5) is 18.6. The average molecular weight is 617 g/mol. The number of hydrogen-bond donors (Lipinski definition) is 2. The number of amides is 1. The van der Waals surface area contributed by atoms with Crippen molar-refractivity contribution in [1.29, 1.82) is 0 Å². The van der Waals surface area contributed by atoms with Gasteiger partial charge in [-0.2, -0.15) is 4.98 Å². The summed E-state index contributed by atoms with van der Waals surface area (Å²) in [5.41, 5.74) is 2.58. The number of carbonyl (C=O) groups excluding carboxylic acids is 1. The van der Waals surface area contributed by atoms with Crippen LogP contribution in [0.5, 0.6) is 17.2 Å². The Morgan fingerprint density at radius 2 is 1.85 bits per heavy atom. The van der Waals surface area contributed by atoms with E-state index in [1.54, 1.807) is 16.4 Å². The summed E-state index contributed by atoms with van der Waals surface area (Å²) in [7, 11) is 0. The third-order valence-corrected chi connectivity index (χ3v) is 7.19. The zero-order valence-electron chi connectivity index (χ0n) is 22.8. The maximum absolute atomic E-state index is 14.0. The van der Waals surface area contributed by atoms with Crippen molar-refractivity contribution >= 4 is 45.2 Å². The molecule has 0 spiro atoms. The number of ether oxygens (including phenoxy) is 3. The van der Waals surface area contributed by atoms with E-state index < -0.39 is 6.04 Å². The SMILES string of the molecule is CCCOc1c(Br)cc(C2C(C(=O)Nc3ccccc3OCC)=C(C)Nc3nc(SCC)nn32)cc1OCC. The molecule has 0 radical (unpaired) electrons. The van der Waals surface area contributed by atoms with Crippen molar-refractivity contribution in [3.8, 4) is 17.2 Å². The van der Waals surface area contributed by atoms with Crippen LogP contribution >= 0.6 is 27.7 Å². The van der Waals surface area contributed by atoms with E-state index >= 15 is 0 Å². The first-order chi connectivity index (χ1) is 18.9. The van der Waals surface area contributed by atoms with Crippen LogP contribution in [0, 0.1) is 0 Å². The summed E-state index contributed by atoms with van der Waals surface area (Å²) < 4.78 is 20.2. The van der Waals surface area contributed by atoms with Crippen molar-refractivity contribution in [3.63, 3.8) is 0 Å². The molecule has 1 unspecified atom stereocenters. The largest absolute Gasteiger partial charge is 0.492 e. The fourth-order valence-electron chi connectivity index (χ4n) is 4.32. The highest BCUT2D eigenvalue weighted by molar-refractivity contribution is 9.10. The van der Waals surface area contributed by atoms with E-state index in [1.807, 2.05) is 64.1 Å². The number of rotatable bonds is 12. The molecule has 0 bridgehead atoms. The van der Waals surface area contributed by atoms with E-state index in [4.69, 9.17) is 19.3 Å². The van der Waals surface area contributed by atoms with Gasteiger partial charge in [0.2, 0.25) is 11.1 Å². The first kappa shape index (κ1) is 28.8. The van der Waals surface area contributed by atoms with E-state index in [0.717, 1.165) is 22.2 Å². The van der Waals surface area contributed by atoms with Gasteiger partial charge in [-0.25, -0.2) is 4.68 Å². The molecule has 1 aromatic heterocycles. The number of para-hydroxylation sites is 2. The Hall–Kier alpha value is -3.18. The van der Waals surface area contributed by atoms with Gasteiger partial charge in [-0.05, 0) is 78.7 Å². The molecular formula is C28H34BrN5O4S. The predicted molar refractivity (Wildman–Crippen MR) is 158 cm³/mol. The number of benzene rings is 2. The zero-order valence-corrected chi connectivity index (χ0v) is 25.2. The van der Waals surface area contributed by atoms with E-state index in [1.165, 1.54) is 0 Å². The number of hydrogen-bond acceptors (Lipinski definition) is 8. The molecule has 3 aromatic rings. The molecule has 208 valence electrons. The monoisotopic (exact) mass is 615 g/mol. The summed E-state index contributed by atoms with van der Waals surface area (Å²) in [6, 6.07) is 10.7. The van der Waals surface area contributed by atoms with Gasteiger partial charge in [-0.15, -0.1) is 5.10 Å². The maximum atomic E-state index is 14.0. The lowest BCUT2D eigenvalue weighted by Crippen LogP contribution is -2.31. The summed E-state index contributed by atoms with van der Waals surface area (Å²) in [6.07, 6.45) is 0.865. The molecule has 1 aliphatic heterocycles. The summed E-state index contributed by atoms with van der Waals surface area (Å²) in [6.45, 7) is 11.3. The Morgan fingerprint density at radius 1 is 1.10 bits per heavy atom. The molecule has 0 fully saturated rings. The van der Waals surface area contributed by atoms with Crippen LogP contribution < -0.4 is 24.8 Å². The Morgan fingerprint density at radius 3 is 2.56 bits per heavy atom. The molecule has 1 amide bonds. The van der Waals surface area contributed by atoms with E-state index in [9.17, 15) is 4.79 Å². The molecule has 2 heterocycles. The number of allylic oxidation sites excluding steroid dienone is 1. The lowest BCUT2D eigenvalue weighted by atomic mass is 9.94. The number of nitrogens with one attached hydrogen (secondary N) is 2. The first-order valence-corrected chi connectivity index (χ1v) is 14.9. The topological polar surface area (TPSA) is 99.5 Å². The van der Waals surface area contributed by atoms with Gasteiger partial charge in [-0.1, -0.05) is 37.7 Å². The second kappa shape index (κ2) is 13.3. The van der Waals surface area contributed by atoms with Crippen molar-refractivity contribution in [2.45, 2.75) is 52.2 Å². The van der Waals surface area contributed by atoms with Crippen LogP contribution in [0.2, 0.25) is 0 Å². The fourth-order valence-corrected chi connectivity index (χ4v) is 5.45. The summed E-state index contributed by atoms with van der Waals surface area (Å²) >= 11 is 5.22. The molecule has 0 aliphatic carbocycles. The molecule has 2 N–H and O–H groups in total. The van der Waals surface area contributed by atoms with E-state index in [2.05, 4.69) is 38.5 Å². The zero-order chi connectivity index (χ0) is 27.9. The van der Waals surface area contributed by atoms with Gasteiger partial charge < -0.3 is 24.8 Å². The third kappa shape index (κ3) is 6.36. The molecule has 1 aliphatic rings. The molecule has 9 nitrogen and oxygen atoms in total. The number of fused-ring (bicyclic) bond motifs is 1. The molecule has 2 aromatic carbocycles. The van der Waals surface area contributed by atoms with Gasteiger partial charge >= 0.3 is 0 Å². The highest BCUT2D eigenvalue weighted by Gasteiger charge is 2.35. The van der Waals surface area contributed by atoms with Gasteiger partial charge in [0.15, 0.2) is 11.5 Å². The summed E-state index contributed by atoms with van der Waals surface area (Å²) in [5, 5.41) is 11.7. The Labute approximate surface area is 241 Å². The average Bonchev–Trinajstić information content (AvgIpc) is 3.30. The van der Waals surface area contributed by atoms with Gasteiger partial charge in [-0.3, -0.25) is 4.79 Å². The lowest BCUT2D eigenvalue weighted by molar-refractivity contribution is -0.113. The van der Waals surface area contributed by atoms with E-state index in [-0.39, 0.29) is 5.91 Å². The van der Waals surface area contributed by atoms with Gasteiger partial charge in [0.05, 0.1) is 35.6 Å². The standard InChI is InChI=1S/C28H34BrN5O4S/c1-6-14-38-25-19(29)15-18(16-22(25)37-8-3)24-23(17(5)30-27-32-28(39-9-4)33-34(24)27)26(35)31-20-12-10-11-13-21(20)36-7-2/h10-13,15-16,24H,6-9,14H2,1-5H3,(H,31,35)(H,30,32,33). The Bertz CT molecular complexity index is 1360. The summed E-state index contributed by atoms with van der Waals surface area (Å²) in [5.74, 6) is 2.95. The number of halogens is 1. The third-order valence-electron chi connectivity index (χ3n) is 5.88. The number of carbonyl (C=O) groups is 1. The second-order valence-electron chi connectivity index (χ2n) is 8.66. The van der Waals surface area contributed by atoms with Crippen LogP contribution in [0.25, 0.3) is 0 Å². The normalized spacial score (nSPS) is 14.5. The smallest absolute Gasteiger partial charge is 0.255 e. The van der Waals surface area contributed by atoms with Gasteiger partial charge in [0.1, 0.15) is 11.8 Å². The minimum absolute atomic E-state index is 0.275. The van der Waals surface area contributed by atoms with Crippen LogP contribution in [0.15, 0.2) is 57.3 Å².